The summed E-state index contributed by atoms with van der Waals surface area (Å²) < 4.78 is 43.0. The number of hydrogen-bond donors (Lipinski definition) is 1. The van der Waals surface area contributed by atoms with E-state index in [4.69, 9.17) is 16.3 Å². The van der Waals surface area contributed by atoms with Crippen LogP contribution in [-0.2, 0) is 5.41 Å². The summed E-state index contributed by atoms with van der Waals surface area (Å²) in [5, 5.41) is 9.75. The lowest BCUT2D eigenvalue weighted by Gasteiger charge is -2.28. The summed E-state index contributed by atoms with van der Waals surface area (Å²) >= 11 is 6.13. The molecule has 0 aliphatic carbocycles. The van der Waals surface area contributed by atoms with Crippen LogP contribution in [0.15, 0.2) is 18.2 Å². The van der Waals surface area contributed by atoms with Gasteiger partial charge in [-0.15, -0.1) is 0 Å². The first-order chi connectivity index (χ1) is 9.15. The molecule has 0 bridgehead atoms. The fraction of sp³-hybridized carbons (Fsp3) is 0.429. The monoisotopic (exact) mass is 306 g/mol. The van der Waals surface area contributed by atoms with E-state index in [0.29, 0.717) is 16.1 Å². The summed E-state index contributed by atoms with van der Waals surface area (Å²) in [5.41, 5.74) is 0.384. The molecule has 1 atom stereocenters. The molecule has 1 heterocycles. The molecule has 6 heteroatoms. The van der Waals surface area contributed by atoms with E-state index in [2.05, 4.69) is 0 Å². The summed E-state index contributed by atoms with van der Waals surface area (Å²) in [6, 6.07) is 3.02. The van der Waals surface area contributed by atoms with Gasteiger partial charge in [0.25, 0.3) is 0 Å². The fourth-order valence-corrected chi connectivity index (χ4v) is 2.38. The van der Waals surface area contributed by atoms with Crippen molar-refractivity contribution in [1.29, 1.82) is 0 Å². The van der Waals surface area contributed by atoms with E-state index >= 15 is 0 Å². The Bertz CT molecular complexity index is 550. The minimum atomic E-state index is -4.46. The van der Waals surface area contributed by atoms with Crippen molar-refractivity contribution in [3.63, 3.8) is 0 Å². The third kappa shape index (κ3) is 2.79. The molecule has 2 rings (SSSR count). The Kier molecular flexibility index (Phi) is 3.77. The summed E-state index contributed by atoms with van der Waals surface area (Å²) in [4.78, 5) is 0. The molecular weight excluding hydrogens is 293 g/mol. The van der Waals surface area contributed by atoms with Gasteiger partial charge in [-0.25, -0.2) is 0 Å². The highest BCUT2D eigenvalue weighted by Gasteiger charge is 2.41. The maximum Gasteiger partial charge on any atom is 0.429 e. The number of halogens is 4. The Morgan fingerprint density at radius 2 is 1.95 bits per heavy atom. The molecule has 1 aromatic rings. The van der Waals surface area contributed by atoms with Gasteiger partial charge < -0.3 is 9.84 Å². The van der Waals surface area contributed by atoms with Crippen LogP contribution in [-0.4, -0.2) is 24.0 Å². The smallest absolute Gasteiger partial charge is 0.429 e. The van der Waals surface area contributed by atoms with Crippen molar-refractivity contribution in [2.75, 3.05) is 6.61 Å². The van der Waals surface area contributed by atoms with E-state index in [1.54, 1.807) is 19.9 Å². The number of aliphatic hydroxyl groups is 1. The van der Waals surface area contributed by atoms with Crippen molar-refractivity contribution in [2.45, 2.75) is 31.5 Å². The van der Waals surface area contributed by atoms with E-state index < -0.39 is 17.7 Å². The van der Waals surface area contributed by atoms with Gasteiger partial charge in [0.1, 0.15) is 5.75 Å². The van der Waals surface area contributed by atoms with Crippen LogP contribution >= 0.6 is 11.6 Å². The Morgan fingerprint density at radius 1 is 1.30 bits per heavy atom. The van der Waals surface area contributed by atoms with E-state index in [1.165, 1.54) is 12.1 Å². The Hall–Kier alpha value is -1.20. The Balaban J connectivity index is 2.45. The Morgan fingerprint density at radius 3 is 2.50 bits per heavy atom. The zero-order chi connectivity index (χ0) is 15.1. The molecule has 1 aromatic carbocycles. The molecule has 0 aromatic heterocycles. The molecule has 20 heavy (non-hydrogen) atoms. The largest absolute Gasteiger partial charge is 0.476 e. The lowest BCUT2D eigenvalue weighted by Crippen LogP contribution is -2.34. The number of benzene rings is 1. The third-order valence-corrected chi connectivity index (χ3v) is 3.56. The summed E-state index contributed by atoms with van der Waals surface area (Å²) in [5.74, 6) is 0.121. The van der Waals surface area contributed by atoms with Crippen LogP contribution in [0.4, 0.5) is 13.2 Å². The number of aliphatic hydroxyl groups excluding tert-OH is 1. The summed E-state index contributed by atoms with van der Waals surface area (Å²) in [7, 11) is 0. The lowest BCUT2D eigenvalue weighted by atomic mass is 9.84. The highest BCUT2D eigenvalue weighted by atomic mass is 35.5. The number of fused-ring (bicyclic) bond motifs is 1. The molecule has 0 saturated heterocycles. The predicted molar refractivity (Wildman–Crippen MR) is 71.1 cm³/mol. The van der Waals surface area contributed by atoms with Gasteiger partial charge in [0.05, 0.1) is 6.61 Å². The number of rotatable bonds is 2. The molecule has 0 amide bonds. The topological polar surface area (TPSA) is 29.5 Å². The molecule has 1 aliphatic heterocycles. The van der Waals surface area contributed by atoms with Crippen molar-refractivity contribution in [3.8, 4) is 5.75 Å². The van der Waals surface area contributed by atoms with E-state index in [9.17, 15) is 18.3 Å². The number of alkyl halides is 3. The van der Waals surface area contributed by atoms with Gasteiger partial charge in [0, 0.05) is 16.0 Å². The Labute approximate surface area is 119 Å². The minimum Gasteiger partial charge on any atom is -0.476 e. The molecule has 0 unspecified atom stereocenters. The van der Waals surface area contributed by atoms with Crippen LogP contribution < -0.4 is 4.74 Å². The zero-order valence-electron chi connectivity index (χ0n) is 11.0. The maximum atomic E-state index is 12.7. The first-order valence-corrected chi connectivity index (χ1v) is 6.39. The molecule has 1 N–H and O–H groups in total. The average molecular weight is 307 g/mol. The van der Waals surface area contributed by atoms with Crippen LogP contribution in [0.1, 0.15) is 25.0 Å². The van der Waals surface area contributed by atoms with Gasteiger partial charge in [-0.2, -0.15) is 13.2 Å². The van der Waals surface area contributed by atoms with E-state index in [-0.39, 0.29) is 12.4 Å². The molecule has 1 aliphatic rings. The van der Waals surface area contributed by atoms with Gasteiger partial charge in [-0.1, -0.05) is 31.5 Å². The van der Waals surface area contributed by atoms with Crippen LogP contribution in [0.5, 0.6) is 5.75 Å². The number of hydrogen-bond acceptors (Lipinski definition) is 2. The molecular formula is C14H14ClF3O2. The van der Waals surface area contributed by atoms with Crippen LogP contribution in [0.3, 0.4) is 0 Å². The molecule has 110 valence electrons. The van der Waals surface area contributed by atoms with Gasteiger partial charge in [-0.3, -0.25) is 0 Å². The molecule has 0 radical (unpaired) electrons. The van der Waals surface area contributed by atoms with Gasteiger partial charge in [-0.05, 0) is 23.8 Å². The second-order valence-corrected chi connectivity index (χ2v) is 5.76. The molecule has 2 nitrogen and oxygen atoms in total. The van der Waals surface area contributed by atoms with Crippen molar-refractivity contribution < 1.29 is 23.0 Å². The number of ether oxygens (including phenoxy) is 1. The van der Waals surface area contributed by atoms with Crippen LogP contribution in [0, 0.1) is 0 Å². The van der Waals surface area contributed by atoms with Gasteiger partial charge in [0.15, 0.2) is 0 Å². The minimum absolute atomic E-state index is 0.121. The lowest BCUT2D eigenvalue weighted by molar-refractivity contribution is -0.180. The SMILES string of the molecule is CC(C)(CO)c1cc2c(cc1Cl)C=C[C@@H](C(F)(F)F)O2. The highest BCUT2D eigenvalue weighted by Crippen LogP contribution is 2.39. The van der Waals surface area contributed by atoms with Gasteiger partial charge >= 0.3 is 6.18 Å². The molecule has 0 fully saturated rings. The first kappa shape index (κ1) is 15.2. The van der Waals surface area contributed by atoms with Crippen molar-refractivity contribution in [2.24, 2.45) is 0 Å². The predicted octanol–water partition coefficient (Wildman–Crippen LogP) is 3.95. The van der Waals surface area contributed by atoms with Crippen molar-refractivity contribution >= 4 is 17.7 Å². The molecule has 0 spiro atoms. The van der Waals surface area contributed by atoms with Crippen LogP contribution in [0.2, 0.25) is 5.02 Å². The van der Waals surface area contributed by atoms with Crippen molar-refractivity contribution in [3.05, 3.63) is 34.4 Å². The highest BCUT2D eigenvalue weighted by molar-refractivity contribution is 6.31. The molecule has 0 saturated carbocycles. The van der Waals surface area contributed by atoms with Crippen molar-refractivity contribution in [1.82, 2.24) is 0 Å². The normalized spacial score (nSPS) is 18.6. The standard InChI is InChI=1S/C14H14ClF3O2/c1-13(2,7-19)9-6-11-8(5-10(9)15)3-4-12(20-11)14(16,17)18/h3-6,12,19H,7H2,1-2H3/t12-/m0/s1. The average Bonchev–Trinajstić information content (AvgIpc) is 2.36. The second-order valence-electron chi connectivity index (χ2n) is 5.35. The maximum absolute atomic E-state index is 12.7. The quantitative estimate of drug-likeness (QED) is 0.896. The van der Waals surface area contributed by atoms with Crippen LogP contribution in [0.25, 0.3) is 6.08 Å². The first-order valence-electron chi connectivity index (χ1n) is 6.01. The van der Waals surface area contributed by atoms with E-state index in [0.717, 1.165) is 6.08 Å². The fourth-order valence-electron chi connectivity index (χ4n) is 1.95. The summed E-state index contributed by atoms with van der Waals surface area (Å²) in [6.45, 7) is 3.32. The summed E-state index contributed by atoms with van der Waals surface area (Å²) in [6.07, 6.45) is -4.12. The van der Waals surface area contributed by atoms with E-state index in [1.807, 2.05) is 0 Å². The van der Waals surface area contributed by atoms with Gasteiger partial charge in [0.2, 0.25) is 6.10 Å². The zero-order valence-corrected chi connectivity index (χ0v) is 11.7. The second kappa shape index (κ2) is 4.97. The third-order valence-electron chi connectivity index (χ3n) is 3.25.